The Bertz CT molecular complexity index is 1040. The zero-order valence-corrected chi connectivity index (χ0v) is 15.9. The van der Waals surface area contributed by atoms with Crippen LogP contribution < -0.4 is 10.1 Å². The number of nitrogens with one attached hydrogen (secondary N) is 1. The zero-order chi connectivity index (χ0) is 20.4. The Morgan fingerprint density at radius 3 is 2.72 bits per heavy atom. The van der Waals surface area contributed by atoms with Gasteiger partial charge < -0.3 is 19.2 Å². The second-order valence-corrected chi connectivity index (χ2v) is 6.74. The molecule has 0 radical (unpaired) electrons. The lowest BCUT2D eigenvalue weighted by molar-refractivity contribution is -0.153. The third-order valence-electron chi connectivity index (χ3n) is 4.45. The molecule has 1 aromatic heterocycles. The predicted molar refractivity (Wildman–Crippen MR) is 103 cm³/mol. The number of carbonyl (C=O) groups is 2. The highest BCUT2D eigenvalue weighted by atomic mass is 16.6. The van der Waals surface area contributed by atoms with Crippen LogP contribution in [0.15, 0.2) is 52.9 Å². The van der Waals surface area contributed by atoms with Gasteiger partial charge in [-0.05, 0) is 38.1 Å². The maximum absolute atomic E-state index is 12.3. The molecular formula is C21H19N3O5. The van der Waals surface area contributed by atoms with Crippen LogP contribution >= 0.6 is 0 Å². The molecule has 1 aliphatic heterocycles. The smallest absolute Gasteiger partial charge is 0.310 e. The van der Waals surface area contributed by atoms with E-state index in [4.69, 9.17) is 13.9 Å². The van der Waals surface area contributed by atoms with Gasteiger partial charge in [-0.1, -0.05) is 29.8 Å². The monoisotopic (exact) mass is 393 g/mol. The Balaban J connectivity index is 1.38. The van der Waals surface area contributed by atoms with Gasteiger partial charge in [0.2, 0.25) is 5.89 Å². The number of hydrogen-bond donors (Lipinski definition) is 1. The summed E-state index contributed by atoms with van der Waals surface area (Å²) in [6.07, 6.45) is -1.95. The molecule has 0 saturated heterocycles. The van der Waals surface area contributed by atoms with Gasteiger partial charge >= 0.3 is 5.97 Å². The van der Waals surface area contributed by atoms with E-state index in [2.05, 4.69) is 15.5 Å². The van der Waals surface area contributed by atoms with Crippen molar-refractivity contribution in [3.05, 3.63) is 60.0 Å². The molecule has 29 heavy (non-hydrogen) atoms. The first-order valence-electron chi connectivity index (χ1n) is 9.16. The van der Waals surface area contributed by atoms with Crippen molar-refractivity contribution in [2.24, 2.45) is 0 Å². The number of aryl methyl sites for hydroxylation is 1. The molecule has 2 heterocycles. The summed E-state index contributed by atoms with van der Waals surface area (Å²) in [5.74, 6) is 0.0280. The number of hydrogen-bond acceptors (Lipinski definition) is 7. The van der Waals surface area contributed by atoms with E-state index in [1.807, 2.05) is 31.2 Å². The number of para-hydroxylation sites is 2. The molecule has 4 rings (SSSR count). The van der Waals surface area contributed by atoms with Crippen LogP contribution in [0.2, 0.25) is 0 Å². The number of esters is 1. The van der Waals surface area contributed by atoms with E-state index >= 15 is 0 Å². The lowest BCUT2D eigenvalue weighted by Crippen LogP contribution is -2.38. The summed E-state index contributed by atoms with van der Waals surface area (Å²) < 4.78 is 16.6. The van der Waals surface area contributed by atoms with E-state index in [1.54, 1.807) is 31.2 Å². The third kappa shape index (κ3) is 4.11. The fraction of sp³-hybridized carbons (Fsp3) is 0.238. The number of carbonyl (C=O) groups excluding carboxylic acids is 2. The molecule has 0 fully saturated rings. The summed E-state index contributed by atoms with van der Waals surface area (Å²) in [5, 5.41) is 10.7. The maximum Gasteiger partial charge on any atom is 0.310 e. The number of fused-ring (bicyclic) bond motifs is 1. The molecule has 1 amide bonds. The minimum atomic E-state index is -0.963. The van der Waals surface area contributed by atoms with Gasteiger partial charge in [-0.25, -0.2) is 0 Å². The summed E-state index contributed by atoms with van der Waals surface area (Å²) in [4.78, 5) is 24.4. The van der Waals surface area contributed by atoms with E-state index in [-0.39, 0.29) is 12.3 Å². The summed E-state index contributed by atoms with van der Waals surface area (Å²) >= 11 is 0. The summed E-state index contributed by atoms with van der Waals surface area (Å²) in [6.45, 7) is 3.61. The minimum Gasteiger partial charge on any atom is -0.478 e. The van der Waals surface area contributed by atoms with Gasteiger partial charge in [0.25, 0.3) is 11.8 Å². The highest BCUT2D eigenvalue weighted by Gasteiger charge is 2.31. The summed E-state index contributed by atoms with van der Waals surface area (Å²) in [5.41, 5.74) is 2.47. The number of benzene rings is 2. The molecule has 1 N–H and O–H groups in total. The van der Waals surface area contributed by atoms with Gasteiger partial charge in [-0.2, -0.15) is 0 Å². The van der Waals surface area contributed by atoms with Gasteiger partial charge in [0, 0.05) is 5.56 Å². The van der Waals surface area contributed by atoms with Crippen LogP contribution in [0.5, 0.6) is 5.75 Å². The van der Waals surface area contributed by atoms with E-state index in [0.29, 0.717) is 17.3 Å². The van der Waals surface area contributed by atoms with E-state index in [9.17, 15) is 9.59 Å². The maximum atomic E-state index is 12.3. The fourth-order valence-corrected chi connectivity index (χ4v) is 2.89. The summed E-state index contributed by atoms with van der Waals surface area (Å²) in [7, 11) is 0. The van der Waals surface area contributed by atoms with Crippen LogP contribution in [-0.4, -0.2) is 28.2 Å². The van der Waals surface area contributed by atoms with Gasteiger partial charge in [-0.3, -0.25) is 9.59 Å². The third-order valence-corrected chi connectivity index (χ3v) is 4.45. The van der Waals surface area contributed by atoms with Crippen molar-refractivity contribution in [2.45, 2.75) is 32.5 Å². The molecule has 0 aliphatic carbocycles. The molecule has 0 spiro atoms. The predicted octanol–water partition coefficient (Wildman–Crippen LogP) is 3.44. The molecule has 0 bridgehead atoms. The first kappa shape index (κ1) is 18.7. The minimum absolute atomic E-state index is 0.174. The molecule has 1 aliphatic rings. The number of ether oxygens (including phenoxy) is 2. The SMILES string of the molecule is Cc1ccc(-c2nnc([C@H](C)OC(=O)C[C@@H]3Oc4ccccc4NC3=O)o2)cc1. The van der Waals surface area contributed by atoms with Crippen molar-refractivity contribution in [3.63, 3.8) is 0 Å². The van der Waals surface area contributed by atoms with Crippen molar-refractivity contribution >= 4 is 17.6 Å². The number of aromatic nitrogens is 2. The molecule has 8 nitrogen and oxygen atoms in total. The Morgan fingerprint density at radius 2 is 1.93 bits per heavy atom. The molecule has 2 atom stereocenters. The van der Waals surface area contributed by atoms with Crippen molar-refractivity contribution in [1.82, 2.24) is 10.2 Å². The van der Waals surface area contributed by atoms with E-state index in [1.165, 1.54) is 0 Å². The molecule has 0 unspecified atom stereocenters. The van der Waals surface area contributed by atoms with Gasteiger partial charge in [0.15, 0.2) is 12.2 Å². The van der Waals surface area contributed by atoms with Crippen LogP contribution in [0.25, 0.3) is 11.5 Å². The van der Waals surface area contributed by atoms with E-state index < -0.39 is 24.1 Å². The molecule has 2 aromatic carbocycles. The molecule has 148 valence electrons. The van der Waals surface area contributed by atoms with Crippen LogP contribution in [0.4, 0.5) is 5.69 Å². The lowest BCUT2D eigenvalue weighted by Gasteiger charge is -2.25. The van der Waals surface area contributed by atoms with Crippen molar-refractivity contribution < 1.29 is 23.5 Å². The summed E-state index contributed by atoms with van der Waals surface area (Å²) in [6, 6.07) is 14.7. The quantitative estimate of drug-likeness (QED) is 0.662. The second-order valence-electron chi connectivity index (χ2n) is 6.74. The van der Waals surface area contributed by atoms with Crippen molar-refractivity contribution in [2.75, 3.05) is 5.32 Å². The topological polar surface area (TPSA) is 104 Å². The first-order valence-corrected chi connectivity index (χ1v) is 9.16. The number of rotatable bonds is 5. The van der Waals surface area contributed by atoms with Gasteiger partial charge in [-0.15, -0.1) is 10.2 Å². The molecule has 3 aromatic rings. The number of anilines is 1. The van der Waals surface area contributed by atoms with Crippen LogP contribution in [0.3, 0.4) is 0 Å². The Kier molecular flexibility index (Phi) is 4.99. The number of nitrogens with zero attached hydrogens (tertiary/aromatic N) is 2. The molecular weight excluding hydrogens is 374 g/mol. The van der Waals surface area contributed by atoms with Crippen LogP contribution in [-0.2, 0) is 14.3 Å². The lowest BCUT2D eigenvalue weighted by atomic mass is 10.1. The zero-order valence-electron chi connectivity index (χ0n) is 15.9. The Hall–Kier alpha value is -3.68. The largest absolute Gasteiger partial charge is 0.478 e. The molecule has 8 heteroatoms. The average molecular weight is 393 g/mol. The van der Waals surface area contributed by atoms with Crippen LogP contribution in [0.1, 0.15) is 30.9 Å². The van der Waals surface area contributed by atoms with E-state index in [0.717, 1.165) is 11.1 Å². The normalized spacial score (nSPS) is 16.3. The van der Waals surface area contributed by atoms with Gasteiger partial charge in [0.05, 0.1) is 12.1 Å². The van der Waals surface area contributed by atoms with Crippen molar-refractivity contribution in [1.29, 1.82) is 0 Å². The van der Waals surface area contributed by atoms with Gasteiger partial charge in [0.1, 0.15) is 5.75 Å². The average Bonchev–Trinajstić information content (AvgIpc) is 3.19. The second kappa shape index (κ2) is 7.75. The number of amides is 1. The highest BCUT2D eigenvalue weighted by Crippen LogP contribution is 2.30. The Labute approximate surface area is 166 Å². The van der Waals surface area contributed by atoms with Crippen LogP contribution in [0, 0.1) is 6.92 Å². The Morgan fingerprint density at radius 1 is 1.17 bits per heavy atom. The fourth-order valence-electron chi connectivity index (χ4n) is 2.89. The first-order chi connectivity index (χ1) is 14.0. The standard InChI is InChI=1S/C21H19N3O5/c1-12-7-9-14(10-8-12)21-24-23-20(29-21)13(2)27-18(25)11-17-19(26)22-15-5-3-4-6-16(15)28-17/h3-10,13,17H,11H2,1-2H3,(H,22,26)/t13-,17-/m0/s1. The highest BCUT2D eigenvalue weighted by molar-refractivity contribution is 5.99. The molecule has 0 saturated carbocycles. The van der Waals surface area contributed by atoms with Crippen molar-refractivity contribution in [3.8, 4) is 17.2 Å².